The first kappa shape index (κ1) is 19.5. The Morgan fingerprint density at radius 3 is 2.26 bits per heavy atom. The number of amides is 1. The van der Waals surface area contributed by atoms with Crippen LogP contribution in [-0.4, -0.2) is 57.4 Å². The van der Waals surface area contributed by atoms with Crippen molar-refractivity contribution in [3.63, 3.8) is 0 Å². The molecule has 1 saturated heterocycles. The van der Waals surface area contributed by atoms with Gasteiger partial charge in [-0.1, -0.05) is 13.8 Å². The Bertz CT molecular complexity index is 844. The molecule has 27 heavy (non-hydrogen) atoms. The molecule has 0 radical (unpaired) electrons. The highest BCUT2D eigenvalue weighted by Crippen LogP contribution is 2.19. The maximum Gasteiger partial charge on any atom is 0.253 e. The fourth-order valence-electron chi connectivity index (χ4n) is 3.10. The van der Waals surface area contributed by atoms with Gasteiger partial charge in [0.15, 0.2) is 0 Å². The Labute approximate surface area is 163 Å². The molecule has 3 rings (SSSR count). The van der Waals surface area contributed by atoms with E-state index in [0.717, 1.165) is 35.3 Å². The molecule has 0 N–H and O–H groups in total. The summed E-state index contributed by atoms with van der Waals surface area (Å²) in [5.41, 5.74) is 1.60. The van der Waals surface area contributed by atoms with Crippen molar-refractivity contribution in [3.8, 4) is 0 Å². The average Bonchev–Trinajstić information content (AvgIpc) is 2.67. The Balaban J connectivity index is 1.66. The molecule has 0 spiro atoms. The molecule has 1 aromatic heterocycles. The monoisotopic (exact) mass is 386 g/mol. The van der Waals surface area contributed by atoms with Crippen molar-refractivity contribution >= 4 is 22.5 Å². The van der Waals surface area contributed by atoms with Crippen molar-refractivity contribution in [2.45, 2.75) is 31.6 Å². The topological polar surface area (TPSA) is 66.4 Å². The third-order valence-electron chi connectivity index (χ3n) is 4.70. The summed E-state index contributed by atoms with van der Waals surface area (Å²) in [7, 11) is -1.03. The Morgan fingerprint density at radius 2 is 1.70 bits per heavy atom. The quantitative estimate of drug-likeness (QED) is 0.808. The molecular formula is C20H26N4O2S. The summed E-state index contributed by atoms with van der Waals surface area (Å²) in [4.78, 5) is 26.7. The molecule has 1 atom stereocenters. The van der Waals surface area contributed by atoms with Crippen molar-refractivity contribution in [3.05, 3.63) is 47.4 Å². The molecule has 0 saturated carbocycles. The third-order valence-corrected chi connectivity index (χ3v) is 5.63. The summed E-state index contributed by atoms with van der Waals surface area (Å²) in [5, 5.41) is 0. The van der Waals surface area contributed by atoms with Crippen LogP contribution >= 0.6 is 0 Å². The Hall–Kier alpha value is -2.28. The van der Waals surface area contributed by atoms with Gasteiger partial charge in [0, 0.05) is 71.4 Å². The Morgan fingerprint density at radius 1 is 1.07 bits per heavy atom. The highest BCUT2D eigenvalue weighted by atomic mass is 32.2. The van der Waals surface area contributed by atoms with Crippen molar-refractivity contribution < 1.29 is 9.00 Å². The van der Waals surface area contributed by atoms with Gasteiger partial charge in [0.25, 0.3) is 5.91 Å². The lowest BCUT2D eigenvalue weighted by Gasteiger charge is -2.35. The molecule has 2 aromatic rings. The molecule has 6 nitrogen and oxygen atoms in total. The van der Waals surface area contributed by atoms with Gasteiger partial charge in [0.2, 0.25) is 0 Å². The van der Waals surface area contributed by atoms with Crippen LogP contribution < -0.4 is 4.90 Å². The summed E-state index contributed by atoms with van der Waals surface area (Å²) >= 11 is 0. The number of carbonyl (C=O) groups is 1. The number of benzene rings is 1. The smallest absolute Gasteiger partial charge is 0.253 e. The number of anilines is 1. The van der Waals surface area contributed by atoms with E-state index in [-0.39, 0.29) is 11.8 Å². The van der Waals surface area contributed by atoms with E-state index >= 15 is 0 Å². The SMILES string of the molecule is Cc1cc(N2CCN(C(=O)c3ccc([S@@](C)=O)cc3)CC2)nc(C(C)C)n1. The maximum atomic E-state index is 12.7. The molecule has 1 amide bonds. The van der Waals surface area contributed by atoms with Crippen LogP contribution in [0.5, 0.6) is 0 Å². The normalized spacial score (nSPS) is 15.9. The second-order valence-electron chi connectivity index (χ2n) is 7.14. The highest BCUT2D eigenvalue weighted by molar-refractivity contribution is 7.84. The van der Waals surface area contributed by atoms with Gasteiger partial charge < -0.3 is 9.80 Å². The third kappa shape index (κ3) is 4.53. The van der Waals surface area contributed by atoms with Crippen LogP contribution in [0, 0.1) is 6.92 Å². The van der Waals surface area contributed by atoms with E-state index in [4.69, 9.17) is 4.98 Å². The molecule has 7 heteroatoms. The van der Waals surface area contributed by atoms with E-state index in [0.29, 0.717) is 18.7 Å². The van der Waals surface area contributed by atoms with E-state index in [9.17, 15) is 9.00 Å². The van der Waals surface area contributed by atoms with Crippen LogP contribution in [0.1, 0.15) is 41.6 Å². The van der Waals surface area contributed by atoms with Crippen molar-refractivity contribution in [1.29, 1.82) is 0 Å². The van der Waals surface area contributed by atoms with E-state index in [1.165, 1.54) is 0 Å². The predicted molar refractivity (Wildman–Crippen MR) is 108 cm³/mol. The lowest BCUT2D eigenvalue weighted by Crippen LogP contribution is -2.49. The molecule has 0 unspecified atom stereocenters. The molecule has 2 heterocycles. The minimum Gasteiger partial charge on any atom is -0.353 e. The number of rotatable bonds is 4. The maximum absolute atomic E-state index is 12.7. The van der Waals surface area contributed by atoms with E-state index in [2.05, 4.69) is 23.7 Å². The fourth-order valence-corrected chi connectivity index (χ4v) is 3.62. The summed E-state index contributed by atoms with van der Waals surface area (Å²) in [5.74, 6) is 2.10. The summed E-state index contributed by atoms with van der Waals surface area (Å²) in [6.07, 6.45) is 1.63. The molecule has 1 fully saturated rings. The van der Waals surface area contributed by atoms with Crippen LogP contribution in [0.3, 0.4) is 0 Å². The first-order valence-electron chi connectivity index (χ1n) is 9.18. The molecule has 1 aromatic carbocycles. The Kier molecular flexibility index (Phi) is 5.89. The summed E-state index contributed by atoms with van der Waals surface area (Å²) in [6.45, 7) is 8.97. The van der Waals surface area contributed by atoms with Gasteiger partial charge in [-0.3, -0.25) is 9.00 Å². The molecule has 0 bridgehead atoms. The number of carbonyl (C=O) groups excluding carboxylic acids is 1. The highest BCUT2D eigenvalue weighted by Gasteiger charge is 2.23. The van der Waals surface area contributed by atoms with Crippen LogP contribution in [0.4, 0.5) is 5.82 Å². The van der Waals surface area contributed by atoms with Crippen LogP contribution in [0.15, 0.2) is 35.2 Å². The molecule has 0 aliphatic carbocycles. The fraction of sp³-hybridized carbons (Fsp3) is 0.450. The van der Waals surface area contributed by atoms with Crippen molar-refractivity contribution in [2.75, 3.05) is 37.3 Å². The minimum absolute atomic E-state index is 0.0184. The van der Waals surface area contributed by atoms with Crippen molar-refractivity contribution in [2.24, 2.45) is 0 Å². The average molecular weight is 387 g/mol. The van der Waals surface area contributed by atoms with Crippen LogP contribution in [0.25, 0.3) is 0 Å². The largest absolute Gasteiger partial charge is 0.353 e. The van der Waals surface area contributed by atoms with E-state index in [1.807, 2.05) is 17.9 Å². The summed E-state index contributed by atoms with van der Waals surface area (Å²) < 4.78 is 11.5. The van der Waals surface area contributed by atoms with Crippen LogP contribution in [0.2, 0.25) is 0 Å². The number of hydrogen-bond donors (Lipinski definition) is 0. The second-order valence-corrected chi connectivity index (χ2v) is 8.52. The van der Waals surface area contributed by atoms with Gasteiger partial charge in [-0.05, 0) is 31.2 Å². The minimum atomic E-state index is -1.03. The van der Waals surface area contributed by atoms with Gasteiger partial charge >= 0.3 is 0 Å². The standard InChI is InChI=1S/C20H26N4O2S/c1-14(2)19-21-15(3)13-18(22-19)23-9-11-24(12-10-23)20(25)16-5-7-17(8-6-16)27(4)26/h5-8,13-14H,9-12H2,1-4H3/t27-/m1/s1. The number of aryl methyl sites for hydroxylation is 1. The molecular weight excluding hydrogens is 360 g/mol. The summed E-state index contributed by atoms with van der Waals surface area (Å²) in [6, 6.07) is 9.04. The number of nitrogens with zero attached hydrogens (tertiary/aromatic N) is 4. The number of piperazine rings is 1. The van der Waals surface area contributed by atoms with Crippen molar-refractivity contribution in [1.82, 2.24) is 14.9 Å². The lowest BCUT2D eigenvalue weighted by atomic mass is 10.1. The number of aromatic nitrogens is 2. The van der Waals surface area contributed by atoms with E-state index in [1.54, 1.807) is 30.5 Å². The first-order valence-corrected chi connectivity index (χ1v) is 10.7. The molecule has 1 aliphatic heterocycles. The lowest BCUT2D eigenvalue weighted by molar-refractivity contribution is 0.0746. The van der Waals surface area contributed by atoms with Gasteiger partial charge in [0.05, 0.1) is 0 Å². The molecule has 144 valence electrons. The number of hydrogen-bond acceptors (Lipinski definition) is 5. The molecule has 1 aliphatic rings. The first-order chi connectivity index (χ1) is 12.8. The second kappa shape index (κ2) is 8.17. The van der Waals surface area contributed by atoms with Gasteiger partial charge in [0.1, 0.15) is 11.6 Å². The van der Waals surface area contributed by atoms with Gasteiger partial charge in [-0.25, -0.2) is 9.97 Å². The zero-order valence-corrected chi connectivity index (χ0v) is 17.1. The predicted octanol–water partition coefficient (Wildman–Crippen LogP) is 2.61. The zero-order valence-electron chi connectivity index (χ0n) is 16.3. The van der Waals surface area contributed by atoms with Gasteiger partial charge in [-0.2, -0.15) is 0 Å². The van der Waals surface area contributed by atoms with Gasteiger partial charge in [-0.15, -0.1) is 0 Å². The van der Waals surface area contributed by atoms with Crippen LogP contribution in [-0.2, 0) is 10.8 Å². The van der Waals surface area contributed by atoms with E-state index < -0.39 is 10.8 Å². The zero-order chi connectivity index (χ0) is 19.6.